The van der Waals surface area contributed by atoms with Crippen LogP contribution in [0.25, 0.3) is 0 Å². The summed E-state index contributed by atoms with van der Waals surface area (Å²) in [5.41, 5.74) is 1.44. The zero-order chi connectivity index (χ0) is 6.81. The Morgan fingerprint density at radius 3 is 3.40 bits per heavy atom. The molecule has 0 amide bonds. The van der Waals surface area contributed by atoms with Crippen LogP contribution in [0.2, 0.25) is 0 Å². The molecule has 1 N–H and O–H groups in total. The highest BCUT2D eigenvalue weighted by Crippen LogP contribution is 2.10. The molecular formula is C8H12N2. The molecule has 2 heteroatoms. The summed E-state index contributed by atoms with van der Waals surface area (Å²) < 4.78 is 0. The summed E-state index contributed by atoms with van der Waals surface area (Å²) in [5.74, 6) is 0. The predicted molar refractivity (Wildman–Crippen MR) is 41.7 cm³/mol. The molecule has 2 aliphatic rings. The van der Waals surface area contributed by atoms with Gasteiger partial charge in [-0.3, -0.25) is 0 Å². The maximum Gasteiger partial charge on any atom is 0.0360 e. The number of nitrogens with zero attached hydrogens (tertiary/aromatic N) is 1. The third kappa shape index (κ3) is 0.948. The molecule has 0 saturated carbocycles. The molecule has 0 bridgehead atoms. The van der Waals surface area contributed by atoms with E-state index in [1.165, 1.54) is 5.70 Å². The summed E-state index contributed by atoms with van der Waals surface area (Å²) >= 11 is 0. The lowest BCUT2D eigenvalue weighted by Gasteiger charge is -2.32. The van der Waals surface area contributed by atoms with Crippen LogP contribution in [0.15, 0.2) is 23.9 Å². The normalized spacial score (nSPS) is 24.0. The van der Waals surface area contributed by atoms with Crippen molar-refractivity contribution in [2.75, 3.05) is 26.2 Å². The monoisotopic (exact) mass is 136 g/mol. The lowest BCUT2D eigenvalue weighted by Crippen LogP contribution is -2.42. The van der Waals surface area contributed by atoms with Crippen LogP contribution in [0.1, 0.15) is 0 Å². The predicted octanol–water partition coefficient (Wildman–Crippen LogP) is 0.345. The quantitative estimate of drug-likeness (QED) is 0.517. The summed E-state index contributed by atoms with van der Waals surface area (Å²) in [6, 6.07) is 0. The lowest BCUT2D eigenvalue weighted by atomic mass is 10.2. The molecule has 54 valence electrons. The third-order valence-corrected chi connectivity index (χ3v) is 2.02. The van der Waals surface area contributed by atoms with Crippen molar-refractivity contribution in [3.63, 3.8) is 0 Å². The van der Waals surface area contributed by atoms with Crippen LogP contribution in [0.5, 0.6) is 0 Å². The minimum absolute atomic E-state index is 1.05. The fourth-order valence-electron chi connectivity index (χ4n) is 1.43. The van der Waals surface area contributed by atoms with E-state index in [2.05, 4.69) is 28.4 Å². The maximum atomic E-state index is 3.34. The van der Waals surface area contributed by atoms with Gasteiger partial charge < -0.3 is 10.2 Å². The first-order valence-corrected chi connectivity index (χ1v) is 3.78. The molecule has 0 atom stereocenters. The Labute approximate surface area is 61.2 Å². The molecule has 2 nitrogen and oxygen atoms in total. The average molecular weight is 136 g/mol. The zero-order valence-electron chi connectivity index (χ0n) is 6.01. The Bertz CT molecular complexity index is 182. The Balaban J connectivity index is 2.14. The minimum atomic E-state index is 1.05. The van der Waals surface area contributed by atoms with Crippen LogP contribution in [0, 0.1) is 0 Å². The molecule has 0 spiro atoms. The van der Waals surface area contributed by atoms with Crippen molar-refractivity contribution in [1.82, 2.24) is 10.2 Å². The molecule has 0 aliphatic carbocycles. The SMILES string of the molecule is C1=CCN2CCNCC2=C1. The highest BCUT2D eigenvalue weighted by Gasteiger charge is 2.13. The van der Waals surface area contributed by atoms with Gasteiger partial charge in [-0.15, -0.1) is 0 Å². The van der Waals surface area contributed by atoms with E-state index in [0.717, 1.165) is 26.2 Å². The second kappa shape index (κ2) is 2.46. The second-order valence-corrected chi connectivity index (χ2v) is 2.71. The van der Waals surface area contributed by atoms with Gasteiger partial charge in [0, 0.05) is 31.9 Å². The van der Waals surface area contributed by atoms with Gasteiger partial charge in [0.25, 0.3) is 0 Å². The van der Waals surface area contributed by atoms with Crippen molar-refractivity contribution in [2.24, 2.45) is 0 Å². The van der Waals surface area contributed by atoms with Crippen molar-refractivity contribution in [1.29, 1.82) is 0 Å². The standard InChI is InChI=1S/C8H12N2/c1-2-5-10-6-4-9-7-8(10)3-1/h1-3,9H,4-7H2. The van der Waals surface area contributed by atoms with Crippen LogP contribution < -0.4 is 5.32 Å². The number of hydrogen-bond donors (Lipinski definition) is 1. The summed E-state index contributed by atoms with van der Waals surface area (Å²) in [6.07, 6.45) is 6.53. The maximum absolute atomic E-state index is 3.34. The molecule has 0 aromatic heterocycles. The molecule has 0 aromatic rings. The second-order valence-electron chi connectivity index (χ2n) is 2.71. The van der Waals surface area contributed by atoms with E-state index >= 15 is 0 Å². The van der Waals surface area contributed by atoms with E-state index in [1.54, 1.807) is 0 Å². The third-order valence-electron chi connectivity index (χ3n) is 2.02. The molecule has 1 fully saturated rings. The number of hydrogen-bond acceptors (Lipinski definition) is 2. The van der Waals surface area contributed by atoms with Gasteiger partial charge in [0.2, 0.25) is 0 Å². The Kier molecular flexibility index (Phi) is 1.47. The van der Waals surface area contributed by atoms with E-state index in [1.807, 2.05) is 0 Å². The topological polar surface area (TPSA) is 15.3 Å². The molecule has 0 aromatic carbocycles. The first kappa shape index (κ1) is 5.98. The van der Waals surface area contributed by atoms with Crippen LogP contribution in [0.4, 0.5) is 0 Å². The first-order chi connectivity index (χ1) is 4.97. The van der Waals surface area contributed by atoms with Crippen molar-refractivity contribution >= 4 is 0 Å². The van der Waals surface area contributed by atoms with E-state index in [4.69, 9.17) is 0 Å². The molecule has 2 heterocycles. The van der Waals surface area contributed by atoms with Gasteiger partial charge in [0.1, 0.15) is 0 Å². The molecule has 0 unspecified atom stereocenters. The van der Waals surface area contributed by atoms with Gasteiger partial charge in [-0.05, 0) is 6.08 Å². The lowest BCUT2D eigenvalue weighted by molar-refractivity contribution is 0.325. The van der Waals surface area contributed by atoms with E-state index in [0.29, 0.717) is 0 Å². The molecule has 2 aliphatic heterocycles. The van der Waals surface area contributed by atoms with Crippen molar-refractivity contribution in [3.05, 3.63) is 23.9 Å². The molecule has 2 rings (SSSR count). The molecule has 1 saturated heterocycles. The van der Waals surface area contributed by atoms with Crippen LogP contribution in [0.3, 0.4) is 0 Å². The number of rotatable bonds is 0. The van der Waals surface area contributed by atoms with Gasteiger partial charge in [-0.1, -0.05) is 12.2 Å². The number of allylic oxidation sites excluding steroid dienone is 2. The Morgan fingerprint density at radius 2 is 2.50 bits per heavy atom. The minimum Gasteiger partial charge on any atom is -0.369 e. The smallest absolute Gasteiger partial charge is 0.0360 e. The fraction of sp³-hybridized carbons (Fsp3) is 0.500. The highest BCUT2D eigenvalue weighted by atomic mass is 15.2. The Hall–Kier alpha value is -0.760. The van der Waals surface area contributed by atoms with Crippen LogP contribution >= 0.6 is 0 Å². The van der Waals surface area contributed by atoms with Gasteiger partial charge >= 0.3 is 0 Å². The molecule has 0 radical (unpaired) electrons. The Morgan fingerprint density at radius 1 is 1.50 bits per heavy atom. The van der Waals surface area contributed by atoms with Crippen LogP contribution in [-0.4, -0.2) is 31.1 Å². The molecular weight excluding hydrogens is 124 g/mol. The highest BCUT2D eigenvalue weighted by molar-refractivity contribution is 5.19. The summed E-state index contributed by atoms with van der Waals surface area (Å²) in [5, 5.41) is 3.34. The van der Waals surface area contributed by atoms with Gasteiger partial charge in [-0.25, -0.2) is 0 Å². The summed E-state index contributed by atoms with van der Waals surface area (Å²) in [4.78, 5) is 2.41. The van der Waals surface area contributed by atoms with Gasteiger partial charge in [0.05, 0.1) is 0 Å². The summed E-state index contributed by atoms with van der Waals surface area (Å²) in [7, 11) is 0. The van der Waals surface area contributed by atoms with E-state index < -0.39 is 0 Å². The van der Waals surface area contributed by atoms with Crippen LogP contribution in [-0.2, 0) is 0 Å². The van der Waals surface area contributed by atoms with Crippen molar-refractivity contribution in [2.45, 2.75) is 0 Å². The summed E-state index contributed by atoms with van der Waals surface area (Å²) in [6.45, 7) is 4.44. The van der Waals surface area contributed by atoms with E-state index in [-0.39, 0.29) is 0 Å². The number of piperazine rings is 1. The van der Waals surface area contributed by atoms with Crippen molar-refractivity contribution < 1.29 is 0 Å². The van der Waals surface area contributed by atoms with Gasteiger partial charge in [-0.2, -0.15) is 0 Å². The molecule has 10 heavy (non-hydrogen) atoms. The largest absolute Gasteiger partial charge is 0.369 e. The number of nitrogens with one attached hydrogen (secondary N) is 1. The van der Waals surface area contributed by atoms with Crippen molar-refractivity contribution in [3.8, 4) is 0 Å². The zero-order valence-corrected chi connectivity index (χ0v) is 6.01. The first-order valence-electron chi connectivity index (χ1n) is 3.78. The fourth-order valence-corrected chi connectivity index (χ4v) is 1.43. The average Bonchev–Trinajstić information content (AvgIpc) is 2.05. The van der Waals surface area contributed by atoms with E-state index in [9.17, 15) is 0 Å². The van der Waals surface area contributed by atoms with Gasteiger partial charge in [0.15, 0.2) is 0 Å². The number of fused-ring (bicyclic) bond motifs is 1.